The van der Waals surface area contributed by atoms with Gasteiger partial charge in [-0.3, -0.25) is 4.99 Å². The molecule has 0 saturated heterocycles. The normalized spacial score (nSPS) is 12.6. The van der Waals surface area contributed by atoms with E-state index >= 15 is 0 Å². The summed E-state index contributed by atoms with van der Waals surface area (Å²) in [5.74, 6) is 0.891. The van der Waals surface area contributed by atoms with Crippen LogP contribution in [0.15, 0.2) is 4.99 Å². The van der Waals surface area contributed by atoms with E-state index in [1.807, 2.05) is 0 Å². The Morgan fingerprint density at radius 3 is 2.17 bits per heavy atom. The monoisotopic (exact) mass is 257 g/mol. The van der Waals surface area contributed by atoms with Crippen molar-refractivity contribution >= 4 is 5.96 Å². The number of nitrogens with one attached hydrogen (secondary N) is 2. The van der Waals surface area contributed by atoms with Crippen LogP contribution in [0, 0.1) is 5.41 Å². The van der Waals surface area contributed by atoms with Crippen LogP contribution in [0.5, 0.6) is 0 Å². The van der Waals surface area contributed by atoms with Gasteiger partial charge in [-0.2, -0.15) is 0 Å². The van der Waals surface area contributed by atoms with E-state index in [0.717, 1.165) is 32.1 Å². The van der Waals surface area contributed by atoms with E-state index < -0.39 is 0 Å². The van der Waals surface area contributed by atoms with E-state index in [4.69, 9.17) is 4.74 Å². The van der Waals surface area contributed by atoms with Gasteiger partial charge < -0.3 is 15.4 Å². The molecular weight excluding hydrogens is 226 g/mol. The molecule has 0 amide bonds. The summed E-state index contributed by atoms with van der Waals surface area (Å²) in [6, 6.07) is 0. The molecule has 0 spiro atoms. The molecule has 0 unspecified atom stereocenters. The van der Waals surface area contributed by atoms with Crippen molar-refractivity contribution in [2.45, 2.75) is 46.5 Å². The van der Waals surface area contributed by atoms with Gasteiger partial charge in [0.15, 0.2) is 5.96 Å². The van der Waals surface area contributed by atoms with E-state index in [0.29, 0.717) is 5.41 Å². The Hall–Kier alpha value is -0.770. The molecule has 0 aromatic carbocycles. The predicted octanol–water partition coefficient (Wildman–Crippen LogP) is 2.40. The molecule has 0 bridgehead atoms. The van der Waals surface area contributed by atoms with Crippen LogP contribution < -0.4 is 10.6 Å². The van der Waals surface area contributed by atoms with E-state index in [1.165, 1.54) is 19.3 Å². The summed E-state index contributed by atoms with van der Waals surface area (Å²) < 4.78 is 5.00. The van der Waals surface area contributed by atoms with Gasteiger partial charge in [0.05, 0.1) is 0 Å². The predicted molar refractivity (Wildman–Crippen MR) is 79.2 cm³/mol. The first-order valence-corrected chi connectivity index (χ1v) is 6.93. The Balaban J connectivity index is 3.51. The molecule has 18 heavy (non-hydrogen) atoms. The van der Waals surface area contributed by atoms with E-state index in [-0.39, 0.29) is 0 Å². The second-order valence-electron chi connectivity index (χ2n) is 5.79. The van der Waals surface area contributed by atoms with Gasteiger partial charge in [-0.1, -0.05) is 27.2 Å². The van der Waals surface area contributed by atoms with Crippen molar-refractivity contribution in [2.24, 2.45) is 10.4 Å². The number of unbranched alkanes of at least 4 members (excludes halogenated alkanes) is 1. The van der Waals surface area contributed by atoms with Gasteiger partial charge in [0, 0.05) is 33.9 Å². The molecule has 0 aliphatic heterocycles. The maximum absolute atomic E-state index is 5.00. The highest BCUT2D eigenvalue weighted by Crippen LogP contribution is 2.20. The number of hydrogen-bond acceptors (Lipinski definition) is 2. The minimum atomic E-state index is 0.445. The quantitative estimate of drug-likeness (QED) is 0.399. The molecule has 4 heteroatoms. The van der Waals surface area contributed by atoms with Crippen molar-refractivity contribution < 1.29 is 4.74 Å². The lowest BCUT2D eigenvalue weighted by atomic mass is 9.90. The first-order valence-electron chi connectivity index (χ1n) is 6.93. The number of nitrogens with zero attached hydrogens (tertiary/aromatic N) is 1. The standard InChI is InChI=1S/C14H31N3O/c1-14(2,3)9-6-7-10-16-13(15-4)17-11-8-12-18-5/h6-12H2,1-5H3,(H2,15,16,17). The van der Waals surface area contributed by atoms with E-state index in [1.54, 1.807) is 14.2 Å². The van der Waals surface area contributed by atoms with Gasteiger partial charge in [0.25, 0.3) is 0 Å². The van der Waals surface area contributed by atoms with Gasteiger partial charge in [-0.15, -0.1) is 0 Å². The Morgan fingerprint density at radius 2 is 1.67 bits per heavy atom. The molecule has 0 saturated carbocycles. The van der Waals surface area contributed by atoms with Gasteiger partial charge >= 0.3 is 0 Å². The second kappa shape index (κ2) is 10.2. The zero-order chi connectivity index (χ0) is 13.9. The first kappa shape index (κ1) is 17.2. The molecule has 4 nitrogen and oxygen atoms in total. The third-order valence-corrected chi connectivity index (χ3v) is 2.69. The number of guanidine groups is 1. The number of ether oxygens (including phenoxy) is 1. The van der Waals surface area contributed by atoms with Crippen molar-refractivity contribution in [3.05, 3.63) is 0 Å². The van der Waals surface area contributed by atoms with Crippen LogP contribution in [-0.2, 0) is 4.74 Å². The van der Waals surface area contributed by atoms with Crippen molar-refractivity contribution in [2.75, 3.05) is 33.9 Å². The van der Waals surface area contributed by atoms with Gasteiger partial charge in [0.2, 0.25) is 0 Å². The number of rotatable bonds is 8. The lowest BCUT2D eigenvalue weighted by molar-refractivity contribution is 0.195. The second-order valence-corrected chi connectivity index (χ2v) is 5.79. The molecule has 0 fully saturated rings. The Kier molecular flexibility index (Phi) is 9.74. The van der Waals surface area contributed by atoms with Crippen LogP contribution in [-0.4, -0.2) is 39.8 Å². The molecule has 108 valence electrons. The van der Waals surface area contributed by atoms with Gasteiger partial charge in [-0.25, -0.2) is 0 Å². The van der Waals surface area contributed by atoms with Crippen LogP contribution in [0.1, 0.15) is 46.5 Å². The summed E-state index contributed by atoms with van der Waals surface area (Å²) in [4.78, 5) is 4.19. The van der Waals surface area contributed by atoms with Crippen molar-refractivity contribution in [1.29, 1.82) is 0 Å². The number of aliphatic imine (C=N–C) groups is 1. The Labute approximate surface area is 113 Å². The van der Waals surface area contributed by atoms with Crippen LogP contribution >= 0.6 is 0 Å². The minimum Gasteiger partial charge on any atom is -0.385 e. The van der Waals surface area contributed by atoms with Gasteiger partial charge in [0.1, 0.15) is 0 Å². The molecule has 0 aliphatic rings. The average molecular weight is 257 g/mol. The van der Waals surface area contributed by atoms with Crippen LogP contribution in [0.3, 0.4) is 0 Å². The molecule has 0 heterocycles. The smallest absolute Gasteiger partial charge is 0.190 e. The maximum atomic E-state index is 5.00. The summed E-state index contributed by atoms with van der Waals surface area (Å²) >= 11 is 0. The zero-order valence-electron chi connectivity index (χ0n) is 12.8. The summed E-state index contributed by atoms with van der Waals surface area (Å²) in [6.07, 6.45) is 4.73. The average Bonchev–Trinajstić information content (AvgIpc) is 2.30. The first-order chi connectivity index (χ1) is 8.49. The van der Waals surface area contributed by atoms with Crippen LogP contribution in [0.2, 0.25) is 0 Å². The molecule has 0 rings (SSSR count). The maximum Gasteiger partial charge on any atom is 0.190 e. The third-order valence-electron chi connectivity index (χ3n) is 2.69. The molecular formula is C14H31N3O. The third kappa shape index (κ3) is 11.7. The molecule has 0 radical (unpaired) electrons. The number of hydrogen-bond donors (Lipinski definition) is 2. The summed E-state index contributed by atoms with van der Waals surface area (Å²) in [5, 5.41) is 6.60. The van der Waals surface area contributed by atoms with E-state index in [2.05, 4.69) is 36.4 Å². The number of methoxy groups -OCH3 is 1. The topological polar surface area (TPSA) is 45.7 Å². The highest BCUT2D eigenvalue weighted by molar-refractivity contribution is 5.79. The largest absolute Gasteiger partial charge is 0.385 e. The fraction of sp³-hybridized carbons (Fsp3) is 0.929. The molecule has 0 aliphatic carbocycles. The Morgan fingerprint density at radius 1 is 1.06 bits per heavy atom. The highest BCUT2D eigenvalue weighted by atomic mass is 16.5. The van der Waals surface area contributed by atoms with E-state index in [9.17, 15) is 0 Å². The van der Waals surface area contributed by atoms with Crippen LogP contribution in [0.25, 0.3) is 0 Å². The van der Waals surface area contributed by atoms with Gasteiger partial charge in [-0.05, 0) is 24.7 Å². The summed E-state index contributed by atoms with van der Waals surface area (Å²) in [6.45, 7) is 9.54. The Bertz CT molecular complexity index is 222. The SMILES string of the molecule is CN=C(NCCCCC(C)(C)C)NCCCOC. The molecule has 0 aromatic heterocycles. The molecule has 0 aromatic rings. The fourth-order valence-electron chi connectivity index (χ4n) is 1.63. The minimum absolute atomic E-state index is 0.445. The lowest BCUT2D eigenvalue weighted by Crippen LogP contribution is -2.38. The lowest BCUT2D eigenvalue weighted by Gasteiger charge is -2.18. The highest BCUT2D eigenvalue weighted by Gasteiger charge is 2.08. The van der Waals surface area contributed by atoms with Crippen molar-refractivity contribution in [3.63, 3.8) is 0 Å². The fourth-order valence-corrected chi connectivity index (χ4v) is 1.63. The molecule has 0 atom stereocenters. The summed E-state index contributed by atoms with van der Waals surface area (Å²) in [5.41, 5.74) is 0.445. The molecule has 2 N–H and O–H groups in total. The van der Waals surface area contributed by atoms with Crippen molar-refractivity contribution in [3.8, 4) is 0 Å². The zero-order valence-corrected chi connectivity index (χ0v) is 12.8. The van der Waals surface area contributed by atoms with Crippen LogP contribution in [0.4, 0.5) is 0 Å². The van der Waals surface area contributed by atoms with Crippen molar-refractivity contribution in [1.82, 2.24) is 10.6 Å². The summed E-state index contributed by atoms with van der Waals surface area (Å²) in [7, 11) is 3.53.